The van der Waals surface area contributed by atoms with Gasteiger partial charge in [0.25, 0.3) is 0 Å². The van der Waals surface area contributed by atoms with E-state index >= 15 is 0 Å². The van der Waals surface area contributed by atoms with Crippen LogP contribution in [0.15, 0.2) is 11.4 Å². The molecule has 1 heterocycles. The van der Waals surface area contributed by atoms with Gasteiger partial charge in [0.05, 0.1) is 12.0 Å². The largest absolute Gasteiger partial charge is 0.496 e. The fraction of sp³-hybridized carbons (Fsp3) is 0.600. The molecule has 0 bridgehead atoms. The Balaban J connectivity index is 2.31. The first kappa shape index (κ1) is 11.9. The van der Waals surface area contributed by atoms with Gasteiger partial charge in [-0.1, -0.05) is 6.92 Å². The van der Waals surface area contributed by atoms with E-state index in [4.69, 9.17) is 4.74 Å². The summed E-state index contributed by atoms with van der Waals surface area (Å²) in [6, 6.07) is 2.01. The molecule has 0 aromatic carbocycles. The minimum atomic E-state index is 0.668. The molecule has 0 aliphatic carbocycles. The number of thioether (sulfide) groups is 1. The Hall–Kier alpha value is -0.190. The highest BCUT2D eigenvalue weighted by Gasteiger charge is 2.04. The van der Waals surface area contributed by atoms with Crippen LogP contribution in [0.3, 0.4) is 0 Å². The number of hydrogen-bond acceptors (Lipinski definition) is 4. The molecule has 1 rings (SSSR count). The maximum atomic E-state index is 5.23. The van der Waals surface area contributed by atoms with Crippen LogP contribution in [-0.2, 0) is 6.54 Å². The third-order valence-electron chi connectivity index (χ3n) is 2.04. The normalized spacial score (nSPS) is 12.8. The van der Waals surface area contributed by atoms with Gasteiger partial charge in [0, 0.05) is 18.3 Å². The lowest BCUT2D eigenvalue weighted by atomic mass is 10.4. The van der Waals surface area contributed by atoms with Crippen molar-refractivity contribution in [2.24, 2.45) is 0 Å². The van der Waals surface area contributed by atoms with E-state index in [9.17, 15) is 0 Å². The predicted octanol–water partition coefficient (Wildman–Crippen LogP) is 2.60. The molecular formula is C10H17NOS2. The molecule has 1 aromatic heterocycles. The van der Waals surface area contributed by atoms with Crippen molar-refractivity contribution >= 4 is 23.1 Å². The van der Waals surface area contributed by atoms with E-state index in [1.54, 1.807) is 18.4 Å². The fourth-order valence-corrected chi connectivity index (χ4v) is 2.21. The van der Waals surface area contributed by atoms with Gasteiger partial charge in [-0.2, -0.15) is 11.8 Å². The molecule has 0 amide bonds. The van der Waals surface area contributed by atoms with E-state index in [2.05, 4.69) is 23.9 Å². The van der Waals surface area contributed by atoms with Crippen LogP contribution in [0, 0.1) is 0 Å². The zero-order valence-corrected chi connectivity index (χ0v) is 10.5. The topological polar surface area (TPSA) is 21.3 Å². The highest BCUT2D eigenvalue weighted by Crippen LogP contribution is 2.23. The first-order valence-electron chi connectivity index (χ1n) is 4.61. The van der Waals surface area contributed by atoms with Crippen molar-refractivity contribution in [1.29, 1.82) is 0 Å². The Kier molecular flexibility index (Phi) is 5.37. The second kappa shape index (κ2) is 6.32. The minimum absolute atomic E-state index is 0.668. The van der Waals surface area contributed by atoms with Gasteiger partial charge in [0.15, 0.2) is 0 Å². The Morgan fingerprint density at radius 3 is 3.07 bits per heavy atom. The smallest absolute Gasteiger partial charge is 0.134 e. The van der Waals surface area contributed by atoms with E-state index in [0.717, 1.165) is 18.8 Å². The monoisotopic (exact) mass is 231 g/mol. The van der Waals surface area contributed by atoms with Crippen molar-refractivity contribution in [3.63, 3.8) is 0 Å². The first-order valence-corrected chi connectivity index (χ1v) is 6.78. The summed E-state index contributed by atoms with van der Waals surface area (Å²) in [4.78, 5) is 1.28. The standard InChI is InChI=1S/C10H17NOS2/c1-8(13-3)6-11-7-10-9(12-2)4-5-14-10/h4-5,8,11H,6-7H2,1-3H3. The van der Waals surface area contributed by atoms with E-state index in [1.807, 2.05) is 17.8 Å². The summed E-state index contributed by atoms with van der Waals surface area (Å²) in [5.74, 6) is 0.999. The average molecular weight is 231 g/mol. The molecule has 1 unspecified atom stereocenters. The number of ether oxygens (including phenoxy) is 1. The lowest BCUT2D eigenvalue weighted by Crippen LogP contribution is -2.21. The highest BCUT2D eigenvalue weighted by molar-refractivity contribution is 7.99. The van der Waals surface area contributed by atoms with Gasteiger partial charge in [-0.15, -0.1) is 11.3 Å². The maximum absolute atomic E-state index is 5.23. The molecular weight excluding hydrogens is 214 g/mol. The lowest BCUT2D eigenvalue weighted by Gasteiger charge is -2.09. The summed E-state index contributed by atoms with van der Waals surface area (Å²) in [5, 5.41) is 6.15. The Morgan fingerprint density at radius 1 is 1.64 bits per heavy atom. The van der Waals surface area contributed by atoms with E-state index < -0.39 is 0 Å². The van der Waals surface area contributed by atoms with Crippen LogP contribution < -0.4 is 10.1 Å². The summed E-state index contributed by atoms with van der Waals surface area (Å²) < 4.78 is 5.23. The number of methoxy groups -OCH3 is 1. The number of hydrogen-bond donors (Lipinski definition) is 1. The van der Waals surface area contributed by atoms with Crippen LogP contribution in [0.4, 0.5) is 0 Å². The molecule has 0 spiro atoms. The van der Waals surface area contributed by atoms with Gasteiger partial charge in [-0.25, -0.2) is 0 Å². The number of nitrogens with one attached hydrogen (secondary N) is 1. The zero-order chi connectivity index (χ0) is 10.4. The van der Waals surface area contributed by atoms with Crippen LogP contribution in [0.25, 0.3) is 0 Å². The van der Waals surface area contributed by atoms with Gasteiger partial charge in [0.1, 0.15) is 5.75 Å². The molecule has 0 radical (unpaired) electrons. The number of thiophene rings is 1. The molecule has 0 saturated carbocycles. The summed E-state index contributed by atoms with van der Waals surface area (Å²) in [5.41, 5.74) is 0. The SMILES string of the molecule is COc1ccsc1CNCC(C)SC. The second-order valence-electron chi connectivity index (χ2n) is 3.09. The van der Waals surface area contributed by atoms with Crippen molar-refractivity contribution < 1.29 is 4.74 Å². The zero-order valence-electron chi connectivity index (χ0n) is 8.87. The lowest BCUT2D eigenvalue weighted by molar-refractivity contribution is 0.410. The Bertz CT molecular complexity index is 262. The molecule has 1 atom stereocenters. The average Bonchev–Trinajstić information content (AvgIpc) is 2.65. The molecule has 1 aromatic rings. The molecule has 14 heavy (non-hydrogen) atoms. The van der Waals surface area contributed by atoms with Gasteiger partial charge < -0.3 is 10.1 Å². The van der Waals surface area contributed by atoms with Gasteiger partial charge in [-0.05, 0) is 17.7 Å². The molecule has 4 heteroatoms. The van der Waals surface area contributed by atoms with E-state index in [1.165, 1.54) is 4.88 Å². The van der Waals surface area contributed by atoms with Crippen LogP contribution in [0.1, 0.15) is 11.8 Å². The summed E-state index contributed by atoms with van der Waals surface area (Å²) in [6.07, 6.45) is 2.14. The molecule has 80 valence electrons. The fourth-order valence-electron chi connectivity index (χ4n) is 1.11. The van der Waals surface area contributed by atoms with Crippen LogP contribution in [-0.4, -0.2) is 25.2 Å². The van der Waals surface area contributed by atoms with Crippen molar-refractivity contribution in [2.75, 3.05) is 19.9 Å². The first-order chi connectivity index (χ1) is 6.77. The molecule has 0 aliphatic rings. The minimum Gasteiger partial charge on any atom is -0.496 e. The quantitative estimate of drug-likeness (QED) is 0.813. The molecule has 0 fully saturated rings. The predicted molar refractivity (Wildman–Crippen MR) is 65.6 cm³/mol. The summed E-state index contributed by atoms with van der Waals surface area (Å²) >= 11 is 3.62. The van der Waals surface area contributed by atoms with E-state index in [-0.39, 0.29) is 0 Å². The van der Waals surface area contributed by atoms with Gasteiger partial charge >= 0.3 is 0 Å². The van der Waals surface area contributed by atoms with Crippen LogP contribution in [0.2, 0.25) is 0 Å². The van der Waals surface area contributed by atoms with E-state index in [0.29, 0.717) is 5.25 Å². The Morgan fingerprint density at radius 2 is 2.43 bits per heavy atom. The van der Waals surface area contributed by atoms with Crippen LogP contribution >= 0.6 is 23.1 Å². The van der Waals surface area contributed by atoms with Crippen molar-refractivity contribution in [3.8, 4) is 5.75 Å². The molecule has 0 saturated heterocycles. The third kappa shape index (κ3) is 3.52. The van der Waals surface area contributed by atoms with Gasteiger partial charge in [0.2, 0.25) is 0 Å². The second-order valence-corrected chi connectivity index (χ2v) is 5.37. The van der Waals surface area contributed by atoms with Crippen LogP contribution in [0.5, 0.6) is 5.75 Å². The summed E-state index contributed by atoms with van der Waals surface area (Å²) in [7, 11) is 1.72. The highest BCUT2D eigenvalue weighted by atomic mass is 32.2. The van der Waals surface area contributed by atoms with Crippen molar-refractivity contribution in [2.45, 2.75) is 18.7 Å². The molecule has 2 nitrogen and oxygen atoms in total. The molecule has 1 N–H and O–H groups in total. The number of rotatable bonds is 6. The van der Waals surface area contributed by atoms with Crippen molar-refractivity contribution in [1.82, 2.24) is 5.32 Å². The molecule has 0 aliphatic heterocycles. The third-order valence-corrected chi connectivity index (χ3v) is 3.92. The van der Waals surface area contributed by atoms with Crippen molar-refractivity contribution in [3.05, 3.63) is 16.3 Å². The summed E-state index contributed by atoms with van der Waals surface area (Å²) in [6.45, 7) is 4.18. The maximum Gasteiger partial charge on any atom is 0.134 e. The Labute approximate surface area is 94.0 Å². The van der Waals surface area contributed by atoms with Gasteiger partial charge in [-0.3, -0.25) is 0 Å².